The lowest BCUT2D eigenvalue weighted by Gasteiger charge is -2.20. The predicted octanol–water partition coefficient (Wildman–Crippen LogP) is 0.604. The van der Waals surface area contributed by atoms with Crippen LogP contribution in [0.5, 0.6) is 0 Å². The fraction of sp³-hybridized carbons (Fsp3) is 0.667. The van der Waals surface area contributed by atoms with E-state index in [1.807, 2.05) is 27.8 Å². The highest BCUT2D eigenvalue weighted by Gasteiger charge is 2.24. The molecule has 13 heavy (non-hydrogen) atoms. The Hall–Kier alpha value is -1.19. The summed E-state index contributed by atoms with van der Waals surface area (Å²) >= 11 is 0. The second-order valence-corrected chi connectivity index (χ2v) is 4.36. The minimum Gasteiger partial charge on any atom is -0.393 e. The standard InChI is InChI=1S/C9H17N3O/c1-9(2,3)7-6(10)8(13)12(5)11(7)4/h10H2,1-5H3. The molecule has 1 aromatic heterocycles. The Balaban J connectivity index is 3.57. The van der Waals surface area contributed by atoms with Crippen molar-refractivity contribution in [1.82, 2.24) is 9.36 Å². The minimum atomic E-state index is -0.118. The molecule has 4 nitrogen and oxygen atoms in total. The van der Waals surface area contributed by atoms with Crippen LogP contribution < -0.4 is 11.3 Å². The van der Waals surface area contributed by atoms with E-state index in [0.717, 1.165) is 5.69 Å². The van der Waals surface area contributed by atoms with Crippen LogP contribution in [-0.2, 0) is 19.5 Å². The van der Waals surface area contributed by atoms with Gasteiger partial charge in [-0.15, -0.1) is 0 Å². The molecule has 0 atom stereocenters. The zero-order chi connectivity index (χ0) is 10.4. The summed E-state index contributed by atoms with van der Waals surface area (Å²) in [5.41, 5.74) is 6.77. The van der Waals surface area contributed by atoms with Crippen LogP contribution in [0.3, 0.4) is 0 Å². The molecule has 1 heterocycles. The van der Waals surface area contributed by atoms with Crippen molar-refractivity contribution in [3.63, 3.8) is 0 Å². The zero-order valence-electron chi connectivity index (χ0n) is 8.88. The molecule has 0 aromatic carbocycles. The fourth-order valence-electron chi connectivity index (χ4n) is 1.63. The van der Waals surface area contributed by atoms with Crippen molar-refractivity contribution in [2.75, 3.05) is 5.73 Å². The van der Waals surface area contributed by atoms with Gasteiger partial charge in [0.2, 0.25) is 0 Å². The molecule has 1 rings (SSSR count). The molecule has 0 aliphatic rings. The summed E-state index contributed by atoms with van der Waals surface area (Å²) in [6, 6.07) is 0. The predicted molar refractivity (Wildman–Crippen MR) is 53.8 cm³/mol. The second kappa shape index (κ2) is 2.65. The summed E-state index contributed by atoms with van der Waals surface area (Å²) in [5.74, 6) is 0. The monoisotopic (exact) mass is 183 g/mol. The molecule has 1 aromatic rings. The molecule has 2 N–H and O–H groups in total. The summed E-state index contributed by atoms with van der Waals surface area (Å²) in [7, 11) is 3.56. The first-order valence-corrected chi connectivity index (χ1v) is 4.28. The van der Waals surface area contributed by atoms with E-state index in [0.29, 0.717) is 5.69 Å². The topological polar surface area (TPSA) is 52.9 Å². The third-order valence-electron chi connectivity index (χ3n) is 2.26. The van der Waals surface area contributed by atoms with Crippen LogP contribution in [0.15, 0.2) is 4.79 Å². The molecule has 0 saturated carbocycles. The van der Waals surface area contributed by atoms with E-state index in [2.05, 4.69) is 0 Å². The molecule has 4 heteroatoms. The lowest BCUT2D eigenvalue weighted by atomic mass is 9.91. The second-order valence-electron chi connectivity index (χ2n) is 4.36. The van der Waals surface area contributed by atoms with E-state index in [9.17, 15) is 4.79 Å². The summed E-state index contributed by atoms with van der Waals surface area (Å²) in [6.07, 6.45) is 0. The van der Waals surface area contributed by atoms with Crippen molar-refractivity contribution < 1.29 is 0 Å². The molecule has 0 unspecified atom stereocenters. The van der Waals surface area contributed by atoms with Gasteiger partial charge in [0.1, 0.15) is 5.69 Å². The summed E-state index contributed by atoms with van der Waals surface area (Å²) in [6.45, 7) is 6.12. The highest BCUT2D eigenvalue weighted by Crippen LogP contribution is 2.24. The molecule has 0 aliphatic carbocycles. The smallest absolute Gasteiger partial charge is 0.289 e. The van der Waals surface area contributed by atoms with E-state index < -0.39 is 0 Å². The third kappa shape index (κ3) is 1.36. The Labute approximate surface area is 77.9 Å². The van der Waals surface area contributed by atoms with Crippen LogP contribution >= 0.6 is 0 Å². The van der Waals surface area contributed by atoms with Crippen LogP contribution in [0, 0.1) is 0 Å². The Kier molecular flexibility index (Phi) is 2.02. The lowest BCUT2D eigenvalue weighted by Crippen LogP contribution is -2.20. The molecule has 0 fully saturated rings. The average molecular weight is 183 g/mol. The van der Waals surface area contributed by atoms with E-state index in [1.165, 1.54) is 4.68 Å². The third-order valence-corrected chi connectivity index (χ3v) is 2.26. The van der Waals surface area contributed by atoms with Crippen LogP contribution in [0.4, 0.5) is 5.69 Å². The van der Waals surface area contributed by atoms with Crippen molar-refractivity contribution in [3.05, 3.63) is 16.0 Å². The summed E-state index contributed by atoms with van der Waals surface area (Å²) in [4.78, 5) is 11.5. The molecule has 0 radical (unpaired) electrons. The van der Waals surface area contributed by atoms with Crippen LogP contribution in [0.25, 0.3) is 0 Å². The van der Waals surface area contributed by atoms with Crippen LogP contribution in [0.2, 0.25) is 0 Å². The van der Waals surface area contributed by atoms with E-state index in [-0.39, 0.29) is 11.0 Å². The van der Waals surface area contributed by atoms with Gasteiger partial charge >= 0.3 is 0 Å². The van der Waals surface area contributed by atoms with Gasteiger partial charge in [0.25, 0.3) is 5.56 Å². The van der Waals surface area contributed by atoms with Crippen molar-refractivity contribution in [1.29, 1.82) is 0 Å². The number of nitrogen functional groups attached to an aromatic ring is 1. The molecule has 74 valence electrons. The maximum atomic E-state index is 11.5. The first kappa shape index (κ1) is 9.89. The van der Waals surface area contributed by atoms with Crippen LogP contribution in [-0.4, -0.2) is 9.36 Å². The van der Waals surface area contributed by atoms with Gasteiger partial charge in [-0.2, -0.15) is 0 Å². The van der Waals surface area contributed by atoms with Gasteiger partial charge in [0.15, 0.2) is 0 Å². The van der Waals surface area contributed by atoms with E-state index in [4.69, 9.17) is 5.73 Å². The number of nitrogens with two attached hydrogens (primary N) is 1. The first-order valence-electron chi connectivity index (χ1n) is 4.28. The van der Waals surface area contributed by atoms with E-state index in [1.54, 1.807) is 11.7 Å². The number of hydrogen-bond donors (Lipinski definition) is 1. The molecule has 0 amide bonds. The van der Waals surface area contributed by atoms with Crippen molar-refractivity contribution in [3.8, 4) is 0 Å². The van der Waals surface area contributed by atoms with Gasteiger partial charge in [-0.1, -0.05) is 20.8 Å². The van der Waals surface area contributed by atoms with Crippen molar-refractivity contribution in [2.24, 2.45) is 14.1 Å². The minimum absolute atomic E-state index is 0.0980. The van der Waals surface area contributed by atoms with E-state index >= 15 is 0 Å². The molecule has 0 saturated heterocycles. The Bertz CT molecular complexity index is 379. The molecule has 0 aliphatic heterocycles. The number of rotatable bonds is 0. The Morgan fingerprint density at radius 2 is 1.62 bits per heavy atom. The SMILES string of the molecule is Cn1c(C(C)(C)C)c(N)c(=O)n1C. The largest absolute Gasteiger partial charge is 0.393 e. The maximum absolute atomic E-state index is 11.5. The van der Waals surface area contributed by atoms with Crippen LogP contribution in [0.1, 0.15) is 26.5 Å². The highest BCUT2D eigenvalue weighted by atomic mass is 16.1. The normalized spacial score (nSPS) is 12.1. The lowest BCUT2D eigenvalue weighted by molar-refractivity contribution is 0.479. The van der Waals surface area contributed by atoms with Crippen molar-refractivity contribution in [2.45, 2.75) is 26.2 Å². The van der Waals surface area contributed by atoms with Gasteiger partial charge in [-0.25, -0.2) is 0 Å². The number of aromatic nitrogens is 2. The maximum Gasteiger partial charge on any atom is 0.289 e. The zero-order valence-corrected chi connectivity index (χ0v) is 8.88. The number of anilines is 1. The number of hydrogen-bond acceptors (Lipinski definition) is 2. The first-order chi connectivity index (χ1) is 5.76. The summed E-state index contributed by atoms with van der Waals surface area (Å²) in [5, 5.41) is 0. The molecular weight excluding hydrogens is 166 g/mol. The van der Waals surface area contributed by atoms with Gasteiger partial charge in [-0.05, 0) is 0 Å². The Morgan fingerprint density at radius 1 is 1.15 bits per heavy atom. The fourth-order valence-corrected chi connectivity index (χ4v) is 1.63. The van der Waals surface area contributed by atoms with Gasteiger partial charge in [-0.3, -0.25) is 14.2 Å². The van der Waals surface area contributed by atoms with Gasteiger partial charge in [0.05, 0.1) is 5.69 Å². The summed E-state index contributed by atoms with van der Waals surface area (Å²) < 4.78 is 3.33. The molecule has 0 spiro atoms. The average Bonchev–Trinajstić information content (AvgIpc) is 2.14. The highest BCUT2D eigenvalue weighted by molar-refractivity contribution is 5.45. The van der Waals surface area contributed by atoms with Gasteiger partial charge in [0, 0.05) is 19.5 Å². The Morgan fingerprint density at radius 3 is 1.77 bits per heavy atom. The van der Waals surface area contributed by atoms with Crippen molar-refractivity contribution >= 4 is 5.69 Å². The van der Waals surface area contributed by atoms with Gasteiger partial charge < -0.3 is 5.73 Å². The number of nitrogens with zero attached hydrogens (tertiary/aromatic N) is 2. The molecular formula is C9H17N3O. The quantitative estimate of drug-likeness (QED) is 0.640. The molecule has 0 bridgehead atoms.